The lowest BCUT2D eigenvalue weighted by molar-refractivity contribution is -0.122. The van der Waals surface area contributed by atoms with Crippen LogP contribution in [0.25, 0.3) is 0 Å². The van der Waals surface area contributed by atoms with E-state index in [9.17, 15) is 9.59 Å². The van der Waals surface area contributed by atoms with E-state index >= 15 is 0 Å². The van der Waals surface area contributed by atoms with Crippen molar-refractivity contribution in [3.63, 3.8) is 0 Å². The minimum atomic E-state index is -0.254. The van der Waals surface area contributed by atoms with E-state index in [-0.39, 0.29) is 11.8 Å². The zero-order chi connectivity index (χ0) is 10.4. The molecule has 1 saturated carbocycles. The Hall–Kier alpha value is -0.860. The Morgan fingerprint density at radius 3 is 2.57 bits per heavy atom. The van der Waals surface area contributed by atoms with E-state index in [4.69, 9.17) is 0 Å². The normalized spacial score (nSPS) is 20.1. The molecule has 0 aromatic rings. The summed E-state index contributed by atoms with van der Waals surface area (Å²) < 4.78 is 0. The Labute approximate surface area is 85.3 Å². The molecular formula is C11H19NO2. The van der Waals surface area contributed by atoms with Gasteiger partial charge in [-0.15, -0.1) is 0 Å². The fraction of sp³-hybridized carbons (Fsp3) is 0.818. The summed E-state index contributed by atoms with van der Waals surface area (Å²) >= 11 is 0. The maximum atomic E-state index is 11.2. The molecular weight excluding hydrogens is 178 g/mol. The van der Waals surface area contributed by atoms with E-state index in [0.717, 1.165) is 6.42 Å². The Balaban J connectivity index is 2.36. The maximum Gasteiger partial charge on any atom is 0.207 e. The molecule has 0 radical (unpaired) electrons. The van der Waals surface area contributed by atoms with Gasteiger partial charge in [-0.3, -0.25) is 9.59 Å². The van der Waals surface area contributed by atoms with Crippen molar-refractivity contribution in [1.82, 2.24) is 5.32 Å². The second kappa shape index (κ2) is 5.78. The van der Waals surface area contributed by atoms with Crippen molar-refractivity contribution >= 4 is 12.2 Å². The molecule has 1 N–H and O–H groups in total. The molecule has 80 valence electrons. The lowest BCUT2D eigenvalue weighted by atomic mass is 9.84. The van der Waals surface area contributed by atoms with Gasteiger partial charge in [0.2, 0.25) is 6.41 Å². The van der Waals surface area contributed by atoms with Crippen molar-refractivity contribution in [3.8, 4) is 0 Å². The van der Waals surface area contributed by atoms with E-state index < -0.39 is 0 Å². The van der Waals surface area contributed by atoms with Crippen LogP contribution in [0, 0.1) is 5.92 Å². The van der Waals surface area contributed by atoms with Crippen LogP contribution < -0.4 is 5.32 Å². The van der Waals surface area contributed by atoms with E-state index in [0.29, 0.717) is 12.3 Å². The summed E-state index contributed by atoms with van der Waals surface area (Å²) in [6.45, 7) is 1.55. The quantitative estimate of drug-likeness (QED) is 0.681. The van der Waals surface area contributed by atoms with Crippen LogP contribution in [0.15, 0.2) is 0 Å². The van der Waals surface area contributed by atoms with Gasteiger partial charge in [-0.2, -0.15) is 0 Å². The fourth-order valence-electron chi connectivity index (χ4n) is 2.19. The van der Waals surface area contributed by atoms with Gasteiger partial charge in [-0.1, -0.05) is 32.1 Å². The SMILES string of the molecule is CC(=O)C(CC1CCCCC1)NC=O. The summed E-state index contributed by atoms with van der Waals surface area (Å²) in [5, 5.41) is 2.60. The molecule has 1 aliphatic carbocycles. The molecule has 3 heteroatoms. The molecule has 1 rings (SSSR count). The van der Waals surface area contributed by atoms with Crippen molar-refractivity contribution in [3.05, 3.63) is 0 Å². The number of rotatable bonds is 5. The van der Waals surface area contributed by atoms with Crippen LogP contribution in [0.2, 0.25) is 0 Å². The number of carbonyl (C=O) groups excluding carboxylic acids is 2. The summed E-state index contributed by atoms with van der Waals surface area (Å²) in [7, 11) is 0. The van der Waals surface area contributed by atoms with Crippen LogP contribution in [0.1, 0.15) is 45.4 Å². The Kier molecular flexibility index (Phi) is 4.63. The smallest absolute Gasteiger partial charge is 0.207 e. The van der Waals surface area contributed by atoms with Crippen molar-refractivity contribution in [1.29, 1.82) is 0 Å². The predicted octanol–water partition coefficient (Wildman–Crippen LogP) is 1.66. The molecule has 3 nitrogen and oxygen atoms in total. The van der Waals surface area contributed by atoms with E-state index in [1.54, 1.807) is 6.92 Å². The van der Waals surface area contributed by atoms with Crippen molar-refractivity contribution in [2.24, 2.45) is 5.92 Å². The first kappa shape index (κ1) is 11.2. The summed E-state index contributed by atoms with van der Waals surface area (Å²) in [5.41, 5.74) is 0. The van der Waals surface area contributed by atoms with Crippen molar-refractivity contribution < 1.29 is 9.59 Å². The zero-order valence-corrected chi connectivity index (χ0v) is 8.79. The van der Waals surface area contributed by atoms with Gasteiger partial charge in [0.15, 0.2) is 5.78 Å². The van der Waals surface area contributed by atoms with Crippen LogP contribution in [0.4, 0.5) is 0 Å². The highest BCUT2D eigenvalue weighted by Crippen LogP contribution is 2.27. The molecule has 1 amide bonds. The minimum absolute atomic E-state index is 0.0719. The second-order valence-electron chi connectivity index (χ2n) is 4.19. The first-order valence-corrected chi connectivity index (χ1v) is 5.44. The standard InChI is InChI=1S/C11H19NO2/c1-9(14)11(12-8-13)7-10-5-3-2-4-6-10/h8,10-11H,2-7H2,1H3,(H,12,13). The molecule has 0 saturated heterocycles. The van der Waals surface area contributed by atoms with Crippen LogP contribution in [0.3, 0.4) is 0 Å². The van der Waals surface area contributed by atoms with Gasteiger partial charge in [0, 0.05) is 0 Å². The molecule has 0 spiro atoms. The van der Waals surface area contributed by atoms with E-state index in [2.05, 4.69) is 5.32 Å². The predicted molar refractivity (Wildman–Crippen MR) is 54.9 cm³/mol. The lowest BCUT2D eigenvalue weighted by Gasteiger charge is -2.24. The van der Waals surface area contributed by atoms with Gasteiger partial charge < -0.3 is 5.32 Å². The first-order chi connectivity index (χ1) is 6.74. The van der Waals surface area contributed by atoms with Gasteiger partial charge in [0.1, 0.15) is 0 Å². The molecule has 0 aromatic heterocycles. The Morgan fingerprint density at radius 1 is 1.43 bits per heavy atom. The van der Waals surface area contributed by atoms with Crippen LogP contribution in [-0.2, 0) is 9.59 Å². The third kappa shape index (κ3) is 3.48. The van der Waals surface area contributed by atoms with Gasteiger partial charge in [-0.25, -0.2) is 0 Å². The molecule has 1 fully saturated rings. The molecule has 1 aliphatic rings. The van der Waals surface area contributed by atoms with Gasteiger partial charge in [0.05, 0.1) is 6.04 Å². The molecule has 0 aliphatic heterocycles. The lowest BCUT2D eigenvalue weighted by Crippen LogP contribution is -2.36. The minimum Gasteiger partial charge on any atom is -0.349 e. The third-order valence-corrected chi connectivity index (χ3v) is 3.05. The monoisotopic (exact) mass is 197 g/mol. The van der Waals surface area contributed by atoms with Crippen molar-refractivity contribution in [2.45, 2.75) is 51.5 Å². The van der Waals surface area contributed by atoms with Crippen LogP contribution in [0.5, 0.6) is 0 Å². The molecule has 14 heavy (non-hydrogen) atoms. The molecule has 0 aromatic carbocycles. The van der Waals surface area contributed by atoms with Crippen LogP contribution >= 0.6 is 0 Å². The second-order valence-corrected chi connectivity index (χ2v) is 4.19. The number of ketones is 1. The number of carbonyl (C=O) groups is 2. The molecule has 0 bridgehead atoms. The number of nitrogens with one attached hydrogen (secondary N) is 1. The molecule has 1 unspecified atom stereocenters. The third-order valence-electron chi connectivity index (χ3n) is 3.05. The highest BCUT2D eigenvalue weighted by Gasteiger charge is 2.21. The van der Waals surface area contributed by atoms with E-state index in [1.807, 2.05) is 0 Å². The number of hydrogen-bond acceptors (Lipinski definition) is 2. The first-order valence-electron chi connectivity index (χ1n) is 5.44. The number of hydrogen-bond donors (Lipinski definition) is 1. The maximum absolute atomic E-state index is 11.2. The number of amides is 1. The Morgan fingerprint density at radius 2 is 2.07 bits per heavy atom. The molecule has 1 atom stereocenters. The zero-order valence-electron chi connectivity index (χ0n) is 8.79. The summed E-state index contributed by atoms with van der Waals surface area (Å²) in [6, 6.07) is -0.254. The number of Topliss-reactive ketones (excluding diaryl/α,β-unsaturated/α-hetero) is 1. The summed E-state index contributed by atoms with van der Waals surface area (Å²) in [4.78, 5) is 21.5. The van der Waals surface area contributed by atoms with Gasteiger partial charge >= 0.3 is 0 Å². The highest BCUT2D eigenvalue weighted by molar-refractivity contribution is 5.83. The van der Waals surface area contributed by atoms with Crippen LogP contribution in [-0.4, -0.2) is 18.2 Å². The van der Waals surface area contributed by atoms with Crippen molar-refractivity contribution in [2.75, 3.05) is 0 Å². The fourth-order valence-corrected chi connectivity index (χ4v) is 2.19. The highest BCUT2D eigenvalue weighted by atomic mass is 16.1. The summed E-state index contributed by atoms with van der Waals surface area (Å²) in [5.74, 6) is 0.702. The average molecular weight is 197 g/mol. The summed E-state index contributed by atoms with van der Waals surface area (Å²) in [6.07, 6.45) is 7.76. The topological polar surface area (TPSA) is 46.2 Å². The Bertz CT molecular complexity index is 197. The molecule has 0 heterocycles. The largest absolute Gasteiger partial charge is 0.349 e. The average Bonchev–Trinajstić information content (AvgIpc) is 2.18. The van der Waals surface area contributed by atoms with E-state index in [1.165, 1.54) is 32.1 Å². The van der Waals surface area contributed by atoms with Gasteiger partial charge in [-0.05, 0) is 19.3 Å². The van der Waals surface area contributed by atoms with Gasteiger partial charge in [0.25, 0.3) is 0 Å².